The van der Waals surface area contributed by atoms with Gasteiger partial charge in [-0.05, 0) is 58.0 Å². The molecule has 0 aromatic rings. The highest BCUT2D eigenvalue weighted by molar-refractivity contribution is 5.83. The lowest BCUT2D eigenvalue weighted by Crippen LogP contribution is -2.46. The molecule has 1 aliphatic heterocycles. The van der Waals surface area contributed by atoms with Crippen LogP contribution in [0.15, 0.2) is 0 Å². The van der Waals surface area contributed by atoms with E-state index in [0.717, 1.165) is 25.9 Å². The Morgan fingerprint density at radius 1 is 1.41 bits per heavy atom. The molecule has 1 amide bonds. The van der Waals surface area contributed by atoms with E-state index in [9.17, 15) is 4.79 Å². The Morgan fingerprint density at radius 3 is 2.53 bits per heavy atom. The molecule has 0 bridgehead atoms. The second-order valence-electron chi connectivity index (χ2n) is 6.43. The highest BCUT2D eigenvalue weighted by Gasteiger charge is 2.58. The van der Waals surface area contributed by atoms with Gasteiger partial charge in [0, 0.05) is 18.5 Å². The first-order valence-electron chi connectivity index (χ1n) is 6.91. The third-order valence-corrected chi connectivity index (χ3v) is 5.19. The number of nitrogens with zero attached hydrogens (tertiary/aromatic N) is 1. The van der Waals surface area contributed by atoms with Gasteiger partial charge in [0.05, 0.1) is 0 Å². The summed E-state index contributed by atoms with van der Waals surface area (Å²) in [4.78, 5) is 14.5. The van der Waals surface area contributed by atoms with Crippen molar-refractivity contribution in [3.05, 3.63) is 0 Å². The van der Waals surface area contributed by atoms with E-state index in [0.29, 0.717) is 17.2 Å². The molecule has 3 heteroatoms. The second kappa shape index (κ2) is 4.27. The van der Waals surface area contributed by atoms with Crippen molar-refractivity contribution in [1.82, 2.24) is 10.2 Å². The number of hydrogen-bond acceptors (Lipinski definition) is 2. The van der Waals surface area contributed by atoms with Crippen LogP contribution in [0.3, 0.4) is 0 Å². The lowest BCUT2D eigenvalue weighted by molar-refractivity contribution is -0.137. The molecule has 1 heterocycles. The minimum absolute atomic E-state index is 0.00617. The van der Waals surface area contributed by atoms with Crippen LogP contribution in [-0.2, 0) is 4.79 Å². The summed E-state index contributed by atoms with van der Waals surface area (Å²) in [5, 5.41) is 3.39. The van der Waals surface area contributed by atoms with Gasteiger partial charge in [-0.1, -0.05) is 6.92 Å². The van der Waals surface area contributed by atoms with Gasteiger partial charge in [0.25, 0.3) is 0 Å². The normalized spacial score (nSPS) is 26.9. The fourth-order valence-electron chi connectivity index (χ4n) is 2.94. The molecule has 3 nitrogen and oxygen atoms in total. The number of hydrogen-bond donors (Lipinski definition) is 1. The minimum Gasteiger partial charge on any atom is -0.340 e. The number of carbonyl (C=O) groups is 1. The summed E-state index contributed by atoms with van der Waals surface area (Å²) in [6, 6.07) is 0. The van der Waals surface area contributed by atoms with Crippen molar-refractivity contribution < 1.29 is 4.79 Å². The topological polar surface area (TPSA) is 32.3 Å². The molecule has 2 aliphatic rings. The number of rotatable bonds is 3. The van der Waals surface area contributed by atoms with Gasteiger partial charge < -0.3 is 10.2 Å². The number of carbonyl (C=O) groups excluding carboxylic acids is 1. The van der Waals surface area contributed by atoms with Crippen LogP contribution in [0.4, 0.5) is 0 Å². The summed E-state index contributed by atoms with van der Waals surface area (Å²) in [5.74, 6) is 0.680. The van der Waals surface area contributed by atoms with Gasteiger partial charge in [0.1, 0.15) is 0 Å². The second-order valence-corrected chi connectivity index (χ2v) is 6.43. The molecule has 0 radical (unpaired) electrons. The summed E-state index contributed by atoms with van der Waals surface area (Å²) < 4.78 is 0. The summed E-state index contributed by atoms with van der Waals surface area (Å²) in [7, 11) is 1.97. The fraction of sp³-hybridized carbons (Fsp3) is 0.929. The zero-order valence-corrected chi connectivity index (χ0v) is 11.7. The Bertz CT molecular complexity index is 305. The van der Waals surface area contributed by atoms with Crippen LogP contribution in [0.25, 0.3) is 0 Å². The van der Waals surface area contributed by atoms with Gasteiger partial charge in [0.15, 0.2) is 0 Å². The van der Waals surface area contributed by atoms with E-state index in [1.165, 1.54) is 12.8 Å². The Morgan fingerprint density at radius 2 is 2.00 bits per heavy atom. The van der Waals surface area contributed by atoms with Crippen LogP contribution in [-0.4, -0.2) is 36.5 Å². The first-order valence-corrected chi connectivity index (χ1v) is 6.91. The molecular formula is C14H26N2O. The molecule has 1 saturated carbocycles. The zero-order chi connectivity index (χ0) is 12.7. The first-order chi connectivity index (χ1) is 7.93. The van der Waals surface area contributed by atoms with E-state index in [-0.39, 0.29) is 5.54 Å². The Balaban J connectivity index is 1.98. The molecule has 2 rings (SSSR count). The van der Waals surface area contributed by atoms with Gasteiger partial charge in [-0.3, -0.25) is 4.79 Å². The van der Waals surface area contributed by atoms with E-state index in [4.69, 9.17) is 0 Å². The van der Waals surface area contributed by atoms with Crippen LogP contribution in [0.2, 0.25) is 0 Å². The SMILES string of the molecule is CCC(C)(C)N(C)C(=O)C1CC12CCNCC2. The molecule has 17 heavy (non-hydrogen) atoms. The number of nitrogens with one attached hydrogen (secondary N) is 1. The predicted octanol–water partition coefficient (Wildman–Crippen LogP) is 2.02. The van der Waals surface area contributed by atoms with E-state index in [1.54, 1.807) is 0 Å². The van der Waals surface area contributed by atoms with Gasteiger partial charge in [-0.2, -0.15) is 0 Å². The third-order valence-electron chi connectivity index (χ3n) is 5.19. The molecular weight excluding hydrogens is 212 g/mol. The van der Waals surface area contributed by atoms with Crippen LogP contribution in [0.1, 0.15) is 46.5 Å². The highest BCUT2D eigenvalue weighted by atomic mass is 16.2. The van der Waals surface area contributed by atoms with Gasteiger partial charge in [-0.15, -0.1) is 0 Å². The van der Waals surface area contributed by atoms with Crippen LogP contribution < -0.4 is 5.32 Å². The van der Waals surface area contributed by atoms with Crippen LogP contribution in [0, 0.1) is 11.3 Å². The molecule has 98 valence electrons. The van der Waals surface area contributed by atoms with Crippen molar-refractivity contribution in [1.29, 1.82) is 0 Å². The number of amides is 1. The molecule has 0 aromatic carbocycles. The third kappa shape index (κ3) is 2.22. The standard InChI is InChI=1S/C14H26N2O/c1-5-13(2,3)16(4)12(17)11-10-14(11)6-8-15-9-7-14/h11,15H,5-10H2,1-4H3. The van der Waals surface area contributed by atoms with Gasteiger partial charge >= 0.3 is 0 Å². The van der Waals surface area contributed by atoms with E-state index in [1.807, 2.05) is 11.9 Å². The monoisotopic (exact) mass is 238 g/mol. The van der Waals surface area contributed by atoms with Gasteiger partial charge in [-0.25, -0.2) is 0 Å². The molecule has 1 saturated heterocycles. The van der Waals surface area contributed by atoms with Crippen molar-refractivity contribution in [2.24, 2.45) is 11.3 Å². The average Bonchev–Trinajstić information content (AvgIpc) is 3.02. The Labute approximate surface area is 105 Å². The maximum Gasteiger partial charge on any atom is 0.226 e. The molecule has 1 atom stereocenters. The van der Waals surface area contributed by atoms with Crippen molar-refractivity contribution in [2.45, 2.75) is 52.0 Å². The largest absolute Gasteiger partial charge is 0.340 e. The van der Waals surface area contributed by atoms with E-state index >= 15 is 0 Å². The maximum absolute atomic E-state index is 12.5. The van der Waals surface area contributed by atoms with Crippen molar-refractivity contribution in [3.63, 3.8) is 0 Å². The molecule has 1 unspecified atom stereocenters. The fourth-order valence-corrected chi connectivity index (χ4v) is 2.94. The summed E-state index contributed by atoms with van der Waals surface area (Å²) >= 11 is 0. The minimum atomic E-state index is -0.00617. The van der Waals surface area contributed by atoms with Gasteiger partial charge in [0.2, 0.25) is 5.91 Å². The summed E-state index contributed by atoms with van der Waals surface area (Å²) in [6.07, 6.45) is 4.50. The molecule has 1 aliphatic carbocycles. The smallest absolute Gasteiger partial charge is 0.226 e. The molecule has 1 N–H and O–H groups in total. The summed E-state index contributed by atoms with van der Waals surface area (Å²) in [5.41, 5.74) is 0.355. The maximum atomic E-state index is 12.5. The lowest BCUT2D eigenvalue weighted by Gasteiger charge is -2.36. The Kier molecular flexibility index (Phi) is 3.23. The zero-order valence-electron chi connectivity index (χ0n) is 11.7. The lowest BCUT2D eigenvalue weighted by atomic mass is 9.91. The van der Waals surface area contributed by atoms with E-state index in [2.05, 4.69) is 26.1 Å². The van der Waals surface area contributed by atoms with Crippen molar-refractivity contribution in [2.75, 3.05) is 20.1 Å². The van der Waals surface area contributed by atoms with Crippen LogP contribution >= 0.6 is 0 Å². The summed E-state index contributed by atoms with van der Waals surface area (Å²) in [6.45, 7) is 8.64. The highest BCUT2D eigenvalue weighted by Crippen LogP contribution is 2.59. The molecule has 0 aromatic heterocycles. The Hall–Kier alpha value is -0.570. The average molecular weight is 238 g/mol. The molecule has 1 spiro atoms. The number of piperidine rings is 1. The quantitative estimate of drug-likeness (QED) is 0.816. The predicted molar refractivity (Wildman–Crippen MR) is 69.8 cm³/mol. The van der Waals surface area contributed by atoms with Crippen LogP contribution in [0.5, 0.6) is 0 Å². The van der Waals surface area contributed by atoms with Crippen molar-refractivity contribution >= 4 is 5.91 Å². The first kappa shape index (κ1) is 12.9. The van der Waals surface area contributed by atoms with E-state index < -0.39 is 0 Å². The van der Waals surface area contributed by atoms with Crippen molar-refractivity contribution in [3.8, 4) is 0 Å². The molecule has 2 fully saturated rings.